The first-order valence-corrected chi connectivity index (χ1v) is 6.55. The first-order valence-electron chi connectivity index (χ1n) is 6.55. The van der Waals surface area contributed by atoms with Crippen LogP contribution in [0.1, 0.15) is 11.1 Å². The van der Waals surface area contributed by atoms with E-state index in [1.54, 1.807) is 0 Å². The second-order valence-corrected chi connectivity index (χ2v) is 4.90. The molecule has 20 heavy (non-hydrogen) atoms. The van der Waals surface area contributed by atoms with Gasteiger partial charge in [0.1, 0.15) is 5.69 Å². The number of anilines is 1. The lowest BCUT2D eigenvalue weighted by Crippen LogP contribution is -1.91. The number of nitrogens with zero attached hydrogens (tertiary/aromatic N) is 1. The van der Waals surface area contributed by atoms with Crippen LogP contribution in [-0.4, -0.2) is 5.16 Å². The van der Waals surface area contributed by atoms with Crippen molar-refractivity contribution in [2.75, 3.05) is 5.73 Å². The number of benzene rings is 2. The number of hydrogen-bond donors (Lipinski definition) is 1. The molecule has 3 rings (SSSR count). The van der Waals surface area contributed by atoms with Gasteiger partial charge < -0.3 is 10.3 Å². The molecule has 0 amide bonds. The highest BCUT2D eigenvalue weighted by Gasteiger charge is 2.19. The van der Waals surface area contributed by atoms with Crippen LogP contribution < -0.4 is 5.73 Å². The summed E-state index contributed by atoms with van der Waals surface area (Å²) in [5.41, 5.74) is 12.1. The molecular formula is C17H16N2O. The molecule has 3 aromatic rings. The summed E-state index contributed by atoms with van der Waals surface area (Å²) in [6.45, 7) is 4.12. The second kappa shape index (κ2) is 4.85. The third kappa shape index (κ3) is 1.97. The Morgan fingerprint density at radius 3 is 2.00 bits per heavy atom. The molecule has 0 unspecified atom stereocenters. The van der Waals surface area contributed by atoms with E-state index in [1.165, 1.54) is 0 Å². The van der Waals surface area contributed by atoms with Gasteiger partial charge in [0.25, 0.3) is 0 Å². The molecule has 0 atom stereocenters. The van der Waals surface area contributed by atoms with Crippen LogP contribution in [0.3, 0.4) is 0 Å². The van der Waals surface area contributed by atoms with Crippen molar-refractivity contribution in [1.82, 2.24) is 5.16 Å². The van der Waals surface area contributed by atoms with E-state index < -0.39 is 0 Å². The summed E-state index contributed by atoms with van der Waals surface area (Å²) in [4.78, 5) is 0. The molecule has 0 aliphatic rings. The average molecular weight is 264 g/mol. The number of aromatic nitrogens is 1. The van der Waals surface area contributed by atoms with Crippen molar-refractivity contribution in [3.63, 3.8) is 0 Å². The molecule has 100 valence electrons. The minimum Gasteiger partial charge on any atom is -0.367 e. The first kappa shape index (κ1) is 12.5. The van der Waals surface area contributed by atoms with E-state index in [9.17, 15) is 0 Å². The number of nitrogen functional groups attached to an aromatic ring is 1. The van der Waals surface area contributed by atoms with Gasteiger partial charge in [-0.2, -0.15) is 0 Å². The summed E-state index contributed by atoms with van der Waals surface area (Å²) in [6.07, 6.45) is 0. The van der Waals surface area contributed by atoms with Gasteiger partial charge in [-0.15, -0.1) is 0 Å². The third-order valence-corrected chi connectivity index (χ3v) is 3.53. The minimum atomic E-state index is 0.359. The average Bonchev–Trinajstić information content (AvgIpc) is 2.82. The molecule has 0 bridgehead atoms. The smallest absolute Gasteiger partial charge is 0.230 e. The highest BCUT2D eigenvalue weighted by Crippen LogP contribution is 2.38. The summed E-state index contributed by atoms with van der Waals surface area (Å²) >= 11 is 0. The SMILES string of the molecule is Cc1ccccc1-c1noc(N)c1-c1ccccc1C. The van der Waals surface area contributed by atoms with E-state index in [1.807, 2.05) is 36.4 Å². The van der Waals surface area contributed by atoms with Gasteiger partial charge >= 0.3 is 0 Å². The van der Waals surface area contributed by atoms with Crippen LogP contribution in [0.4, 0.5) is 5.88 Å². The fraction of sp³-hybridized carbons (Fsp3) is 0.118. The minimum absolute atomic E-state index is 0.359. The van der Waals surface area contributed by atoms with E-state index >= 15 is 0 Å². The number of rotatable bonds is 2. The lowest BCUT2D eigenvalue weighted by atomic mass is 9.95. The van der Waals surface area contributed by atoms with Gasteiger partial charge in [-0.1, -0.05) is 53.7 Å². The van der Waals surface area contributed by atoms with Crippen LogP contribution in [0.2, 0.25) is 0 Å². The Morgan fingerprint density at radius 2 is 1.40 bits per heavy atom. The van der Waals surface area contributed by atoms with E-state index in [4.69, 9.17) is 10.3 Å². The summed E-state index contributed by atoms with van der Waals surface area (Å²) in [5.74, 6) is 0.359. The van der Waals surface area contributed by atoms with E-state index in [0.29, 0.717) is 5.88 Å². The molecule has 3 nitrogen and oxygen atoms in total. The Balaban J connectivity index is 2.26. The van der Waals surface area contributed by atoms with Crippen molar-refractivity contribution >= 4 is 5.88 Å². The normalized spacial score (nSPS) is 10.7. The van der Waals surface area contributed by atoms with Crippen molar-refractivity contribution in [3.8, 4) is 22.4 Å². The van der Waals surface area contributed by atoms with Crippen molar-refractivity contribution in [2.24, 2.45) is 0 Å². The Morgan fingerprint density at radius 1 is 0.850 bits per heavy atom. The second-order valence-electron chi connectivity index (χ2n) is 4.90. The van der Waals surface area contributed by atoms with Gasteiger partial charge in [-0.25, -0.2) is 0 Å². The number of nitrogens with two attached hydrogens (primary N) is 1. The molecule has 2 aromatic carbocycles. The number of aryl methyl sites for hydroxylation is 2. The molecule has 0 saturated heterocycles. The fourth-order valence-corrected chi connectivity index (χ4v) is 2.44. The van der Waals surface area contributed by atoms with Gasteiger partial charge in [0, 0.05) is 5.56 Å². The summed E-state index contributed by atoms with van der Waals surface area (Å²) in [6, 6.07) is 16.2. The largest absolute Gasteiger partial charge is 0.367 e. The zero-order valence-electron chi connectivity index (χ0n) is 11.6. The predicted octanol–water partition coefficient (Wildman–Crippen LogP) is 4.21. The highest BCUT2D eigenvalue weighted by atomic mass is 16.5. The third-order valence-electron chi connectivity index (χ3n) is 3.53. The van der Waals surface area contributed by atoms with Crippen molar-refractivity contribution in [1.29, 1.82) is 0 Å². The summed E-state index contributed by atoms with van der Waals surface area (Å²) in [7, 11) is 0. The van der Waals surface area contributed by atoms with Gasteiger partial charge in [0.05, 0.1) is 5.56 Å². The van der Waals surface area contributed by atoms with Crippen LogP contribution in [0.25, 0.3) is 22.4 Å². The van der Waals surface area contributed by atoms with Crippen molar-refractivity contribution < 1.29 is 4.52 Å². The zero-order chi connectivity index (χ0) is 14.1. The number of hydrogen-bond acceptors (Lipinski definition) is 3. The van der Waals surface area contributed by atoms with E-state index in [2.05, 4.69) is 31.1 Å². The van der Waals surface area contributed by atoms with E-state index in [-0.39, 0.29) is 0 Å². The topological polar surface area (TPSA) is 52.0 Å². The molecule has 0 saturated carbocycles. The lowest BCUT2D eigenvalue weighted by Gasteiger charge is -2.07. The molecule has 2 N–H and O–H groups in total. The highest BCUT2D eigenvalue weighted by molar-refractivity contribution is 5.88. The molecule has 0 aliphatic heterocycles. The van der Waals surface area contributed by atoms with Gasteiger partial charge in [0.2, 0.25) is 5.88 Å². The van der Waals surface area contributed by atoms with Crippen LogP contribution in [-0.2, 0) is 0 Å². The summed E-state index contributed by atoms with van der Waals surface area (Å²) in [5, 5.41) is 4.16. The predicted molar refractivity (Wildman–Crippen MR) is 81.3 cm³/mol. The standard InChI is InChI=1S/C17H16N2O/c1-11-7-3-5-9-13(11)15-16(19-20-17(15)18)14-10-6-4-8-12(14)2/h3-10H,18H2,1-2H3. The van der Waals surface area contributed by atoms with Gasteiger partial charge in [-0.05, 0) is 30.5 Å². The van der Waals surface area contributed by atoms with Crippen LogP contribution in [0, 0.1) is 13.8 Å². The van der Waals surface area contributed by atoms with Crippen LogP contribution in [0.5, 0.6) is 0 Å². The Labute approximate surface area is 118 Å². The quantitative estimate of drug-likeness (QED) is 0.754. The zero-order valence-corrected chi connectivity index (χ0v) is 11.6. The van der Waals surface area contributed by atoms with Gasteiger partial charge in [0.15, 0.2) is 0 Å². The lowest BCUT2D eigenvalue weighted by molar-refractivity contribution is 0.439. The first-order chi connectivity index (χ1) is 9.68. The Kier molecular flexibility index (Phi) is 3.03. The molecule has 0 spiro atoms. The summed E-state index contributed by atoms with van der Waals surface area (Å²) < 4.78 is 5.24. The molecule has 1 heterocycles. The Bertz CT molecular complexity index is 759. The van der Waals surface area contributed by atoms with Gasteiger partial charge in [-0.3, -0.25) is 0 Å². The molecule has 0 aliphatic carbocycles. The van der Waals surface area contributed by atoms with Crippen molar-refractivity contribution in [3.05, 3.63) is 59.7 Å². The van der Waals surface area contributed by atoms with E-state index in [0.717, 1.165) is 33.5 Å². The molecule has 1 aromatic heterocycles. The monoisotopic (exact) mass is 264 g/mol. The van der Waals surface area contributed by atoms with Crippen LogP contribution >= 0.6 is 0 Å². The molecule has 0 radical (unpaired) electrons. The maximum Gasteiger partial charge on any atom is 0.230 e. The molecule has 3 heteroatoms. The molecular weight excluding hydrogens is 248 g/mol. The Hall–Kier alpha value is -2.55. The van der Waals surface area contributed by atoms with Crippen LogP contribution in [0.15, 0.2) is 53.1 Å². The maximum atomic E-state index is 6.00. The molecule has 0 fully saturated rings. The fourth-order valence-electron chi connectivity index (χ4n) is 2.44. The maximum absolute atomic E-state index is 6.00. The van der Waals surface area contributed by atoms with Crippen molar-refractivity contribution in [2.45, 2.75) is 13.8 Å².